The number of nitrogens with zero attached hydrogens (tertiary/aromatic N) is 1. The first-order chi connectivity index (χ1) is 7.49. The van der Waals surface area contributed by atoms with Crippen LogP contribution in [0.15, 0.2) is 23.2 Å². The Morgan fingerprint density at radius 2 is 2.19 bits per heavy atom. The first-order valence-electron chi connectivity index (χ1n) is 5.30. The van der Waals surface area contributed by atoms with Crippen LogP contribution < -0.4 is 11.1 Å². The van der Waals surface area contributed by atoms with Gasteiger partial charge in [0.05, 0.1) is 6.54 Å². The minimum Gasteiger partial charge on any atom is -0.370 e. The van der Waals surface area contributed by atoms with E-state index in [2.05, 4.69) is 10.3 Å². The SMILES string of the molecule is Cc1cc(CN=C(N)NC(C)C)ccc1F. The molecule has 0 unspecified atom stereocenters. The van der Waals surface area contributed by atoms with E-state index in [0.717, 1.165) is 5.56 Å². The number of guanidine groups is 1. The minimum absolute atomic E-state index is 0.194. The van der Waals surface area contributed by atoms with Gasteiger partial charge in [-0.05, 0) is 38.0 Å². The lowest BCUT2D eigenvalue weighted by molar-refractivity contribution is 0.617. The highest BCUT2D eigenvalue weighted by Gasteiger charge is 1.99. The number of aryl methyl sites for hydroxylation is 1. The molecule has 0 bridgehead atoms. The summed E-state index contributed by atoms with van der Waals surface area (Å²) in [4.78, 5) is 4.17. The number of hydrogen-bond donors (Lipinski definition) is 2. The van der Waals surface area contributed by atoms with E-state index in [1.807, 2.05) is 13.8 Å². The third-order valence-electron chi connectivity index (χ3n) is 2.09. The van der Waals surface area contributed by atoms with Crippen molar-refractivity contribution in [1.82, 2.24) is 5.32 Å². The van der Waals surface area contributed by atoms with Crippen molar-refractivity contribution in [3.05, 3.63) is 35.1 Å². The molecular formula is C12H18FN3. The molecule has 1 aromatic carbocycles. The molecule has 1 rings (SSSR count). The van der Waals surface area contributed by atoms with E-state index in [4.69, 9.17) is 5.73 Å². The number of halogens is 1. The zero-order valence-corrected chi connectivity index (χ0v) is 9.92. The molecule has 0 amide bonds. The number of nitrogens with one attached hydrogen (secondary N) is 1. The summed E-state index contributed by atoms with van der Waals surface area (Å²) < 4.78 is 13.0. The van der Waals surface area contributed by atoms with Gasteiger partial charge in [-0.3, -0.25) is 0 Å². The molecule has 0 atom stereocenters. The van der Waals surface area contributed by atoms with Gasteiger partial charge in [-0.15, -0.1) is 0 Å². The van der Waals surface area contributed by atoms with Gasteiger partial charge < -0.3 is 11.1 Å². The second-order valence-electron chi connectivity index (χ2n) is 4.08. The highest BCUT2D eigenvalue weighted by atomic mass is 19.1. The van der Waals surface area contributed by atoms with Gasteiger partial charge >= 0.3 is 0 Å². The number of aliphatic imine (C=N–C) groups is 1. The molecule has 0 aliphatic heterocycles. The molecule has 0 radical (unpaired) electrons. The van der Waals surface area contributed by atoms with Crippen LogP contribution in [0.5, 0.6) is 0 Å². The van der Waals surface area contributed by atoms with Gasteiger partial charge in [0.1, 0.15) is 5.82 Å². The maximum atomic E-state index is 13.0. The summed E-state index contributed by atoms with van der Waals surface area (Å²) in [6, 6.07) is 5.21. The van der Waals surface area contributed by atoms with Gasteiger partial charge in [-0.2, -0.15) is 0 Å². The van der Waals surface area contributed by atoms with Crippen LogP contribution in [0, 0.1) is 12.7 Å². The van der Waals surface area contributed by atoms with Crippen LogP contribution in [0.2, 0.25) is 0 Å². The van der Waals surface area contributed by atoms with Crippen LogP contribution in [-0.2, 0) is 6.54 Å². The Hall–Kier alpha value is -1.58. The van der Waals surface area contributed by atoms with E-state index in [0.29, 0.717) is 18.1 Å². The van der Waals surface area contributed by atoms with Crippen molar-refractivity contribution < 1.29 is 4.39 Å². The van der Waals surface area contributed by atoms with Crippen LogP contribution in [-0.4, -0.2) is 12.0 Å². The fourth-order valence-corrected chi connectivity index (χ4v) is 1.32. The van der Waals surface area contributed by atoms with Crippen LogP contribution in [0.1, 0.15) is 25.0 Å². The minimum atomic E-state index is -0.194. The number of benzene rings is 1. The molecule has 16 heavy (non-hydrogen) atoms. The standard InChI is InChI=1S/C12H18FN3/c1-8(2)16-12(14)15-7-10-4-5-11(13)9(3)6-10/h4-6,8H,7H2,1-3H3,(H3,14,15,16). The van der Waals surface area contributed by atoms with E-state index in [9.17, 15) is 4.39 Å². The second kappa shape index (κ2) is 5.49. The average molecular weight is 223 g/mol. The predicted octanol–water partition coefficient (Wildman–Crippen LogP) is 1.95. The Bertz CT molecular complexity index is 386. The third kappa shape index (κ3) is 3.88. The van der Waals surface area contributed by atoms with Crippen molar-refractivity contribution in [2.24, 2.45) is 10.7 Å². The predicted molar refractivity (Wildman–Crippen MR) is 64.7 cm³/mol. The van der Waals surface area contributed by atoms with Gasteiger partial charge in [0.25, 0.3) is 0 Å². The van der Waals surface area contributed by atoms with Crippen molar-refractivity contribution in [2.45, 2.75) is 33.4 Å². The van der Waals surface area contributed by atoms with Crippen LogP contribution in [0.4, 0.5) is 4.39 Å². The highest BCUT2D eigenvalue weighted by Crippen LogP contribution is 2.09. The zero-order valence-electron chi connectivity index (χ0n) is 9.92. The Balaban J connectivity index is 2.63. The molecule has 1 aromatic rings. The molecule has 3 N–H and O–H groups in total. The highest BCUT2D eigenvalue weighted by molar-refractivity contribution is 5.78. The monoisotopic (exact) mass is 223 g/mol. The quantitative estimate of drug-likeness (QED) is 0.608. The topological polar surface area (TPSA) is 50.4 Å². The largest absolute Gasteiger partial charge is 0.370 e. The smallest absolute Gasteiger partial charge is 0.189 e. The molecule has 4 heteroatoms. The summed E-state index contributed by atoms with van der Waals surface area (Å²) in [6.45, 7) is 6.18. The van der Waals surface area contributed by atoms with Crippen molar-refractivity contribution >= 4 is 5.96 Å². The lowest BCUT2D eigenvalue weighted by atomic mass is 10.1. The Labute approximate surface area is 95.6 Å². The average Bonchev–Trinajstić information content (AvgIpc) is 2.19. The summed E-state index contributed by atoms with van der Waals surface area (Å²) in [5.74, 6) is 0.220. The second-order valence-corrected chi connectivity index (χ2v) is 4.08. The van der Waals surface area contributed by atoms with E-state index in [1.54, 1.807) is 19.1 Å². The zero-order chi connectivity index (χ0) is 12.1. The van der Waals surface area contributed by atoms with Crippen molar-refractivity contribution in [1.29, 1.82) is 0 Å². The van der Waals surface area contributed by atoms with Crippen molar-refractivity contribution in [3.8, 4) is 0 Å². The Morgan fingerprint density at radius 1 is 1.50 bits per heavy atom. The van der Waals surface area contributed by atoms with Gasteiger partial charge in [0.2, 0.25) is 0 Å². The maximum absolute atomic E-state index is 13.0. The van der Waals surface area contributed by atoms with E-state index in [1.165, 1.54) is 6.07 Å². The molecule has 0 aromatic heterocycles. The Morgan fingerprint density at radius 3 is 2.75 bits per heavy atom. The lowest BCUT2D eigenvalue weighted by Crippen LogP contribution is -2.36. The maximum Gasteiger partial charge on any atom is 0.189 e. The van der Waals surface area contributed by atoms with E-state index < -0.39 is 0 Å². The molecule has 0 heterocycles. The van der Waals surface area contributed by atoms with E-state index >= 15 is 0 Å². The summed E-state index contributed by atoms with van der Waals surface area (Å²) in [6.07, 6.45) is 0. The summed E-state index contributed by atoms with van der Waals surface area (Å²) in [5.41, 5.74) is 7.23. The number of nitrogens with two attached hydrogens (primary N) is 1. The first kappa shape index (κ1) is 12.5. The molecular weight excluding hydrogens is 205 g/mol. The van der Waals surface area contributed by atoms with Gasteiger partial charge in [0, 0.05) is 6.04 Å². The first-order valence-corrected chi connectivity index (χ1v) is 5.30. The molecule has 0 saturated heterocycles. The summed E-state index contributed by atoms with van der Waals surface area (Å²) in [5, 5.41) is 2.99. The normalized spacial score (nSPS) is 11.9. The fourth-order valence-electron chi connectivity index (χ4n) is 1.32. The number of rotatable bonds is 3. The molecule has 0 fully saturated rings. The van der Waals surface area contributed by atoms with Crippen LogP contribution in [0.25, 0.3) is 0 Å². The number of hydrogen-bond acceptors (Lipinski definition) is 1. The van der Waals surface area contributed by atoms with Crippen LogP contribution in [0.3, 0.4) is 0 Å². The van der Waals surface area contributed by atoms with Gasteiger partial charge in [-0.25, -0.2) is 9.38 Å². The molecule has 0 saturated carbocycles. The molecule has 0 spiro atoms. The van der Waals surface area contributed by atoms with Crippen molar-refractivity contribution in [2.75, 3.05) is 0 Å². The van der Waals surface area contributed by atoms with E-state index in [-0.39, 0.29) is 11.9 Å². The summed E-state index contributed by atoms with van der Waals surface area (Å²) >= 11 is 0. The molecule has 0 aliphatic carbocycles. The molecule has 0 aliphatic rings. The Kier molecular flexibility index (Phi) is 4.28. The lowest BCUT2D eigenvalue weighted by Gasteiger charge is -2.08. The molecule has 88 valence electrons. The van der Waals surface area contributed by atoms with Crippen LogP contribution >= 0.6 is 0 Å². The fraction of sp³-hybridized carbons (Fsp3) is 0.417. The van der Waals surface area contributed by atoms with Crippen molar-refractivity contribution in [3.63, 3.8) is 0 Å². The third-order valence-corrected chi connectivity index (χ3v) is 2.09. The van der Waals surface area contributed by atoms with Gasteiger partial charge in [0.15, 0.2) is 5.96 Å². The van der Waals surface area contributed by atoms with Gasteiger partial charge in [-0.1, -0.05) is 12.1 Å². The molecule has 3 nitrogen and oxygen atoms in total. The summed E-state index contributed by atoms with van der Waals surface area (Å²) in [7, 11) is 0.